The van der Waals surface area contributed by atoms with Crippen molar-refractivity contribution in [1.82, 2.24) is 20.3 Å². The van der Waals surface area contributed by atoms with E-state index in [0.29, 0.717) is 43.7 Å². The normalized spacial score (nSPS) is 27.0. The van der Waals surface area contributed by atoms with Gasteiger partial charge in [0, 0.05) is 17.5 Å². The van der Waals surface area contributed by atoms with Gasteiger partial charge in [0.1, 0.15) is 23.2 Å². The molecule has 2 fully saturated rings. The number of hydrogen-bond donors (Lipinski definition) is 4. The molecule has 0 radical (unpaired) electrons. The second-order valence-corrected chi connectivity index (χ2v) is 14.6. The van der Waals surface area contributed by atoms with E-state index >= 15 is 0 Å². The Balaban J connectivity index is 1.54. The molecule has 4 N–H and O–H groups in total. The molecule has 0 unspecified atom stereocenters. The number of rotatable bonds is 5. The highest BCUT2D eigenvalue weighted by atomic mass is 35.5. The van der Waals surface area contributed by atoms with E-state index in [1.54, 1.807) is 20.8 Å². The maximum absolute atomic E-state index is 13.7. The Morgan fingerprint density at radius 3 is 2.55 bits per heavy atom. The molecule has 0 bridgehead atoms. The third kappa shape index (κ3) is 8.57. The van der Waals surface area contributed by atoms with Gasteiger partial charge in [0.05, 0.1) is 10.7 Å². The first kappa shape index (κ1) is 33.9. The van der Waals surface area contributed by atoms with E-state index in [0.717, 1.165) is 12.8 Å². The number of anilines is 1. The summed E-state index contributed by atoms with van der Waals surface area (Å²) < 4.78 is 35.4. The fourth-order valence-electron chi connectivity index (χ4n) is 5.50. The summed E-state index contributed by atoms with van der Waals surface area (Å²) in [5.41, 5.74) is -2.27. The first-order chi connectivity index (χ1) is 20.6. The zero-order valence-corrected chi connectivity index (χ0v) is 27.3. The lowest BCUT2D eigenvalue weighted by Gasteiger charge is -2.30. The van der Waals surface area contributed by atoms with Crippen molar-refractivity contribution in [2.45, 2.75) is 95.4 Å². The molecule has 1 aromatic carbocycles. The molecule has 44 heavy (non-hydrogen) atoms. The average molecular weight is 673 g/mol. The summed E-state index contributed by atoms with van der Waals surface area (Å²) in [6, 6.07) is 2.37. The van der Waals surface area contributed by atoms with Crippen molar-refractivity contribution < 1.29 is 32.3 Å². The van der Waals surface area contributed by atoms with Gasteiger partial charge in [0.15, 0.2) is 0 Å². The number of alkyl carbamates (subject to hydrolysis) is 1. The quantitative estimate of drug-likeness (QED) is 0.343. The van der Waals surface area contributed by atoms with Crippen LogP contribution in [-0.4, -0.2) is 66.9 Å². The fraction of sp³-hybridized carbons (Fsp3) is 0.586. The van der Waals surface area contributed by atoms with Crippen molar-refractivity contribution in [3.63, 3.8) is 0 Å². The first-order valence-corrected chi connectivity index (χ1v) is 16.9. The molecule has 4 rings (SSSR count). The van der Waals surface area contributed by atoms with Crippen molar-refractivity contribution in [2.75, 3.05) is 11.3 Å². The predicted molar refractivity (Wildman–Crippen MR) is 166 cm³/mol. The number of benzene rings is 1. The van der Waals surface area contributed by atoms with E-state index in [2.05, 4.69) is 15.4 Å². The average Bonchev–Trinajstić information content (AvgIpc) is 3.37. The lowest BCUT2D eigenvalue weighted by molar-refractivity contribution is -0.141. The minimum absolute atomic E-state index is 0.0156. The molecule has 2 aliphatic heterocycles. The monoisotopic (exact) mass is 671 g/mol. The zero-order valence-electron chi connectivity index (χ0n) is 25.0. The molecule has 242 valence electrons. The number of carbonyl (C=O) groups is 4. The van der Waals surface area contributed by atoms with E-state index in [1.165, 1.54) is 23.1 Å². The highest BCUT2D eigenvalue weighted by molar-refractivity contribution is 7.91. The predicted octanol–water partition coefficient (Wildman–Crippen LogP) is 4.05. The molecule has 0 aromatic heterocycles. The van der Waals surface area contributed by atoms with Crippen LogP contribution in [0.15, 0.2) is 30.4 Å². The first-order valence-electron chi connectivity index (χ1n) is 14.7. The molecule has 4 amide bonds. The van der Waals surface area contributed by atoms with Crippen molar-refractivity contribution in [3.8, 4) is 0 Å². The van der Waals surface area contributed by atoms with Crippen LogP contribution >= 0.6 is 23.2 Å². The van der Waals surface area contributed by atoms with Crippen LogP contribution in [0.3, 0.4) is 0 Å². The van der Waals surface area contributed by atoms with Crippen LogP contribution in [0, 0.1) is 5.92 Å². The summed E-state index contributed by atoms with van der Waals surface area (Å²) in [6.07, 6.45) is 7.42. The third-order valence-electron chi connectivity index (χ3n) is 7.73. The smallest absolute Gasteiger partial charge is 0.408 e. The molecular weight excluding hydrogens is 633 g/mol. The summed E-state index contributed by atoms with van der Waals surface area (Å²) in [5, 5.41) is 5.80. The van der Waals surface area contributed by atoms with E-state index in [9.17, 15) is 27.6 Å². The Hall–Kier alpha value is -3.03. The maximum atomic E-state index is 13.7. The molecule has 3 aliphatic rings. The number of carbonyl (C=O) groups excluding carboxylic acids is 4. The number of amides is 4. The lowest BCUT2D eigenvalue weighted by Crippen LogP contribution is -2.58. The van der Waals surface area contributed by atoms with Crippen molar-refractivity contribution in [3.05, 3.63) is 40.4 Å². The van der Waals surface area contributed by atoms with Crippen LogP contribution in [0.4, 0.5) is 10.5 Å². The van der Waals surface area contributed by atoms with Gasteiger partial charge in [-0.1, -0.05) is 48.2 Å². The second-order valence-electron chi connectivity index (χ2n) is 12.4. The number of nitrogens with zero attached hydrogens (tertiary/aromatic N) is 1. The third-order valence-corrected chi connectivity index (χ3v) is 9.22. The van der Waals surface area contributed by atoms with Crippen molar-refractivity contribution in [2.24, 2.45) is 5.92 Å². The van der Waals surface area contributed by atoms with Gasteiger partial charge >= 0.3 is 16.3 Å². The maximum Gasteiger partial charge on any atom is 0.408 e. The van der Waals surface area contributed by atoms with Crippen molar-refractivity contribution in [1.29, 1.82) is 0 Å². The summed E-state index contributed by atoms with van der Waals surface area (Å²) in [7, 11) is -4.44. The van der Waals surface area contributed by atoms with Gasteiger partial charge in [0.25, 0.3) is 5.91 Å². The highest BCUT2D eigenvalue weighted by Crippen LogP contribution is 2.45. The number of ether oxygens (including phenoxy) is 1. The zero-order chi connectivity index (χ0) is 32.3. The molecule has 0 spiro atoms. The molecule has 1 aliphatic carbocycles. The summed E-state index contributed by atoms with van der Waals surface area (Å²) in [6.45, 7) is 5.48. The Labute approximate surface area is 267 Å². The van der Waals surface area contributed by atoms with Crippen LogP contribution < -0.4 is 20.1 Å². The van der Waals surface area contributed by atoms with Crippen LogP contribution in [0.2, 0.25) is 10.0 Å². The van der Waals surface area contributed by atoms with E-state index in [4.69, 9.17) is 27.9 Å². The van der Waals surface area contributed by atoms with Crippen LogP contribution in [-0.2, 0) is 29.3 Å². The second kappa shape index (κ2) is 13.5. The molecule has 2 heterocycles. The fourth-order valence-corrected chi connectivity index (χ4v) is 6.96. The number of fused-ring (bicyclic) bond motifs is 2. The van der Waals surface area contributed by atoms with Gasteiger partial charge in [-0.25, -0.2) is 9.52 Å². The Bertz CT molecular complexity index is 1430. The standard InChI is InChI=1S/C29H39Cl2N5O7S/c1-28(2,3)43-27(40)32-22-11-8-6-4-5-7-10-18-17-29(18,33-24(37)23-12-9-15-36(23)25(22)38)26(39)35-44(41,42)34-21-14-13-19(30)16-20(21)31/h7,10,13-14,16,18,22-23,34H,4-6,8-9,11-12,15,17H2,1-3H3,(H,32,40)(H,33,37)(H,35,39)/b10-7-/t18-,22-,23-,29+/m0/s1. The van der Waals surface area contributed by atoms with Gasteiger partial charge in [-0.2, -0.15) is 8.42 Å². The molecule has 4 atom stereocenters. The van der Waals surface area contributed by atoms with Crippen LogP contribution in [0.1, 0.15) is 72.1 Å². The Kier molecular flexibility index (Phi) is 10.4. The summed E-state index contributed by atoms with van der Waals surface area (Å²) in [4.78, 5) is 54.9. The molecule has 15 heteroatoms. The number of allylic oxidation sites excluding steroid dienone is 1. The number of halogens is 2. The minimum atomic E-state index is -4.44. The summed E-state index contributed by atoms with van der Waals surface area (Å²) in [5.74, 6) is -2.33. The van der Waals surface area contributed by atoms with Crippen molar-refractivity contribution >= 4 is 62.9 Å². The van der Waals surface area contributed by atoms with E-state index < -0.39 is 63.2 Å². The minimum Gasteiger partial charge on any atom is -0.444 e. The molecule has 1 saturated heterocycles. The molecule has 12 nitrogen and oxygen atoms in total. The van der Waals surface area contributed by atoms with Gasteiger partial charge in [-0.3, -0.25) is 19.1 Å². The topological polar surface area (TPSA) is 163 Å². The van der Waals surface area contributed by atoms with Crippen LogP contribution in [0.25, 0.3) is 0 Å². The van der Waals surface area contributed by atoms with Crippen LogP contribution in [0.5, 0.6) is 0 Å². The number of hydrogen-bond acceptors (Lipinski definition) is 7. The van der Waals surface area contributed by atoms with Gasteiger partial charge in [-0.05, 0) is 77.5 Å². The summed E-state index contributed by atoms with van der Waals surface area (Å²) >= 11 is 12.0. The van der Waals surface area contributed by atoms with Gasteiger partial charge in [0.2, 0.25) is 11.8 Å². The van der Waals surface area contributed by atoms with Gasteiger partial charge < -0.3 is 20.3 Å². The Morgan fingerprint density at radius 1 is 1.09 bits per heavy atom. The van der Waals surface area contributed by atoms with E-state index in [-0.39, 0.29) is 17.1 Å². The molecule has 1 aromatic rings. The molecular formula is C29H39Cl2N5O7S. The highest BCUT2D eigenvalue weighted by Gasteiger charge is 2.61. The largest absolute Gasteiger partial charge is 0.444 e. The van der Waals surface area contributed by atoms with Gasteiger partial charge in [-0.15, -0.1) is 0 Å². The van der Waals surface area contributed by atoms with E-state index in [1.807, 2.05) is 16.9 Å². The molecule has 1 saturated carbocycles. The Morgan fingerprint density at radius 2 is 1.84 bits per heavy atom. The number of nitrogens with one attached hydrogen (secondary N) is 4. The lowest BCUT2D eigenvalue weighted by atomic mass is 10.0. The SMILES string of the molecule is CC(C)(C)OC(=O)N[C@H]1CCCCC/C=C\[C@H]2C[C@@]2(C(=O)NS(=O)(=O)Nc2ccc(Cl)cc2Cl)NC(=O)[C@@H]2CCCN2C1=O.